The van der Waals surface area contributed by atoms with E-state index >= 15 is 0 Å². The van der Waals surface area contributed by atoms with Gasteiger partial charge in [-0.3, -0.25) is 4.57 Å². The molecule has 0 spiro atoms. The number of aromatic nitrogens is 2. The van der Waals surface area contributed by atoms with Crippen LogP contribution in [0.3, 0.4) is 0 Å². The van der Waals surface area contributed by atoms with Gasteiger partial charge in [0.2, 0.25) is 0 Å². The Labute approximate surface area is 290 Å². The predicted octanol–water partition coefficient (Wildman–Crippen LogP) is 12.8. The molecule has 0 bridgehead atoms. The molecule has 2 aromatic heterocycles. The molecule has 0 saturated heterocycles. The number of nitrogens with zero attached hydrogens (tertiary/aromatic N) is 2. The highest BCUT2D eigenvalue weighted by Gasteiger charge is 2.25. The zero-order valence-corrected chi connectivity index (χ0v) is 27.5. The van der Waals surface area contributed by atoms with E-state index in [2.05, 4.69) is 80.8 Å². The normalized spacial score (nSPS) is 14.3. The zero-order valence-electron chi connectivity index (χ0n) is 33.5. The van der Waals surface area contributed by atoms with Crippen LogP contribution in [0.1, 0.15) is 70.0 Å². The highest BCUT2D eigenvalue weighted by atomic mass is 16.3. The van der Waals surface area contributed by atoms with Crippen LogP contribution in [0.5, 0.6) is 0 Å². The van der Waals surface area contributed by atoms with Gasteiger partial charge in [0.25, 0.3) is 0 Å². The molecular formula is C45H40N2O. The lowest BCUT2D eigenvalue weighted by atomic mass is 9.88. The van der Waals surface area contributed by atoms with Crippen LogP contribution in [-0.2, 0) is 0 Å². The molecule has 236 valence electrons. The third kappa shape index (κ3) is 5.02. The molecule has 3 nitrogen and oxygen atoms in total. The maximum atomic E-state index is 8.01. The molecule has 0 saturated carbocycles. The van der Waals surface area contributed by atoms with Gasteiger partial charge in [-0.25, -0.2) is 4.98 Å². The minimum absolute atomic E-state index is 0.0182. The molecule has 3 heteroatoms. The Bertz CT molecular complexity index is 2640. The van der Waals surface area contributed by atoms with Gasteiger partial charge in [-0.15, -0.1) is 0 Å². The molecule has 2 heterocycles. The van der Waals surface area contributed by atoms with Gasteiger partial charge in [0.05, 0.1) is 22.3 Å². The summed E-state index contributed by atoms with van der Waals surface area (Å²) < 4.78 is 57.1. The minimum Gasteiger partial charge on any atom is -0.455 e. The molecule has 0 atom stereocenters. The summed E-state index contributed by atoms with van der Waals surface area (Å²) >= 11 is 0. The van der Waals surface area contributed by atoms with Crippen LogP contribution >= 0.6 is 0 Å². The van der Waals surface area contributed by atoms with E-state index in [-0.39, 0.29) is 23.0 Å². The van der Waals surface area contributed by atoms with Crippen molar-refractivity contribution in [3.8, 4) is 39.3 Å². The summed E-state index contributed by atoms with van der Waals surface area (Å²) in [5.74, 6) is 1.19. The summed E-state index contributed by atoms with van der Waals surface area (Å²) in [6.45, 7) is 4.02. The fourth-order valence-electron chi connectivity index (χ4n) is 7.00. The molecule has 0 aliphatic heterocycles. The Kier molecular flexibility index (Phi) is 5.80. The van der Waals surface area contributed by atoms with Gasteiger partial charge in [0, 0.05) is 19.0 Å². The summed E-state index contributed by atoms with van der Waals surface area (Å²) in [7, 11) is 0. The minimum atomic E-state index is -2.47. The van der Waals surface area contributed by atoms with Gasteiger partial charge in [-0.05, 0) is 101 Å². The average Bonchev–Trinajstić information content (AvgIpc) is 3.72. The topological polar surface area (TPSA) is 31.0 Å². The Morgan fingerprint density at radius 1 is 0.604 bits per heavy atom. The molecule has 48 heavy (non-hydrogen) atoms. The van der Waals surface area contributed by atoms with Crippen molar-refractivity contribution >= 4 is 33.0 Å². The number of rotatable bonds is 6. The molecule has 6 aromatic carbocycles. The number of imidazole rings is 1. The number of furan rings is 1. The van der Waals surface area contributed by atoms with Gasteiger partial charge in [-0.1, -0.05) is 118 Å². The standard InChI is InChI=1S/C45H40N2O/c1-27(2)38-24-34(31-13-8-7-9-14-31)25-39(28(3)4)43(38)47-41-18-11-10-17-40(41)46-45(47)37-16-12-15-36-35-20-19-32(26-42(35)48-44(36)37)33-22-29(5)21-30(6)23-33/h7-28H,1-6H3/i5D3,6D3. The van der Waals surface area contributed by atoms with Crippen LogP contribution in [0.25, 0.3) is 72.3 Å². The van der Waals surface area contributed by atoms with Crippen molar-refractivity contribution in [2.75, 3.05) is 0 Å². The number of hydrogen-bond donors (Lipinski definition) is 0. The molecule has 0 fully saturated rings. The van der Waals surface area contributed by atoms with E-state index in [0.717, 1.165) is 38.9 Å². The molecular weight excluding hydrogens is 585 g/mol. The van der Waals surface area contributed by atoms with E-state index in [0.29, 0.717) is 22.3 Å². The first-order valence-corrected chi connectivity index (χ1v) is 16.5. The quantitative estimate of drug-likeness (QED) is 0.183. The predicted molar refractivity (Wildman–Crippen MR) is 202 cm³/mol. The fourth-order valence-corrected chi connectivity index (χ4v) is 7.00. The van der Waals surface area contributed by atoms with Crippen molar-refractivity contribution in [3.05, 3.63) is 144 Å². The van der Waals surface area contributed by atoms with Gasteiger partial charge < -0.3 is 4.42 Å². The Morgan fingerprint density at radius 3 is 2.00 bits per heavy atom. The van der Waals surface area contributed by atoms with Crippen LogP contribution in [0, 0.1) is 13.7 Å². The van der Waals surface area contributed by atoms with Crippen molar-refractivity contribution in [1.29, 1.82) is 0 Å². The second-order valence-electron chi connectivity index (χ2n) is 13.2. The van der Waals surface area contributed by atoms with E-state index in [9.17, 15) is 0 Å². The molecule has 0 unspecified atom stereocenters. The van der Waals surface area contributed by atoms with E-state index in [4.69, 9.17) is 17.6 Å². The molecule has 0 aliphatic rings. The Hall–Kier alpha value is -5.41. The lowest BCUT2D eigenvalue weighted by Crippen LogP contribution is -2.09. The maximum Gasteiger partial charge on any atom is 0.149 e. The van der Waals surface area contributed by atoms with Crippen molar-refractivity contribution in [2.24, 2.45) is 0 Å². The second-order valence-corrected chi connectivity index (χ2v) is 13.2. The van der Waals surface area contributed by atoms with Crippen LogP contribution in [0.15, 0.2) is 126 Å². The first kappa shape index (κ1) is 23.8. The smallest absolute Gasteiger partial charge is 0.149 e. The number of aryl methyl sites for hydroxylation is 2. The van der Waals surface area contributed by atoms with Crippen LogP contribution in [0.4, 0.5) is 0 Å². The number of para-hydroxylation sites is 3. The molecule has 0 radical (unpaired) electrons. The van der Waals surface area contributed by atoms with E-state index < -0.39 is 13.7 Å². The third-order valence-corrected chi connectivity index (χ3v) is 9.31. The fraction of sp³-hybridized carbons (Fsp3) is 0.178. The van der Waals surface area contributed by atoms with Crippen molar-refractivity contribution in [2.45, 2.75) is 53.2 Å². The highest BCUT2D eigenvalue weighted by Crippen LogP contribution is 2.43. The third-order valence-electron chi connectivity index (χ3n) is 9.31. The molecule has 0 N–H and O–H groups in total. The largest absolute Gasteiger partial charge is 0.455 e. The molecule has 0 aliphatic carbocycles. The lowest BCUT2D eigenvalue weighted by Gasteiger charge is -2.24. The average molecular weight is 631 g/mol. The first-order valence-electron chi connectivity index (χ1n) is 19.5. The maximum absolute atomic E-state index is 8.01. The van der Waals surface area contributed by atoms with Crippen LogP contribution < -0.4 is 0 Å². The number of benzene rings is 6. The summed E-state index contributed by atoms with van der Waals surface area (Å²) in [5.41, 5.74) is 11.0. The van der Waals surface area contributed by atoms with Gasteiger partial charge in [0.1, 0.15) is 17.0 Å². The van der Waals surface area contributed by atoms with Crippen molar-refractivity contribution < 1.29 is 12.6 Å². The highest BCUT2D eigenvalue weighted by molar-refractivity contribution is 6.10. The van der Waals surface area contributed by atoms with Crippen molar-refractivity contribution in [3.63, 3.8) is 0 Å². The lowest BCUT2D eigenvalue weighted by molar-refractivity contribution is 0.669. The Balaban J connectivity index is 1.37. The van der Waals surface area contributed by atoms with Crippen LogP contribution in [-0.4, -0.2) is 9.55 Å². The number of hydrogen-bond acceptors (Lipinski definition) is 2. The summed E-state index contributed by atoms with van der Waals surface area (Å²) in [5, 5.41) is 1.80. The molecule has 8 rings (SSSR count). The first-order chi connectivity index (χ1) is 25.7. The van der Waals surface area contributed by atoms with E-state index in [1.165, 1.54) is 28.3 Å². The van der Waals surface area contributed by atoms with E-state index in [1.807, 2.05) is 54.6 Å². The monoisotopic (exact) mass is 630 g/mol. The number of fused-ring (bicyclic) bond motifs is 4. The summed E-state index contributed by atoms with van der Waals surface area (Å²) in [6, 6.07) is 39.5. The summed E-state index contributed by atoms with van der Waals surface area (Å²) in [6.07, 6.45) is 0. The molecule has 8 aromatic rings. The van der Waals surface area contributed by atoms with Crippen LogP contribution in [0.2, 0.25) is 0 Å². The van der Waals surface area contributed by atoms with Gasteiger partial charge in [-0.2, -0.15) is 0 Å². The second kappa shape index (κ2) is 11.7. The SMILES string of the molecule is [2H]C([2H])([2H])c1cc(-c2ccc3c(c2)oc2c(-c4nc5ccccc5n4-c4c(C(C)C)cc(-c5ccccc5)cc4C(C)C)cccc23)cc(C([2H])([2H])[2H])c1. The van der Waals surface area contributed by atoms with Crippen molar-refractivity contribution in [1.82, 2.24) is 9.55 Å². The van der Waals surface area contributed by atoms with E-state index in [1.54, 1.807) is 12.1 Å². The van der Waals surface area contributed by atoms with Gasteiger partial charge in [0.15, 0.2) is 0 Å². The van der Waals surface area contributed by atoms with Gasteiger partial charge >= 0.3 is 0 Å². The molecule has 0 amide bonds. The zero-order chi connectivity index (χ0) is 38.1. The Morgan fingerprint density at radius 2 is 1.29 bits per heavy atom. The summed E-state index contributed by atoms with van der Waals surface area (Å²) in [4.78, 5) is 5.29.